The van der Waals surface area contributed by atoms with E-state index in [4.69, 9.17) is 0 Å². The zero-order chi connectivity index (χ0) is 14.8. The van der Waals surface area contributed by atoms with Gasteiger partial charge in [0, 0.05) is 17.5 Å². The second kappa shape index (κ2) is 6.49. The van der Waals surface area contributed by atoms with E-state index < -0.39 is 0 Å². The lowest BCUT2D eigenvalue weighted by atomic mass is 9.84. The Kier molecular flexibility index (Phi) is 4.65. The largest absolute Gasteiger partial charge is 0.352 e. The van der Waals surface area contributed by atoms with Crippen molar-refractivity contribution in [2.24, 2.45) is 17.8 Å². The average Bonchev–Trinajstić information content (AvgIpc) is 3.14. The van der Waals surface area contributed by atoms with Crippen molar-refractivity contribution >= 4 is 17.2 Å². The van der Waals surface area contributed by atoms with Gasteiger partial charge in [0.15, 0.2) is 0 Å². The highest BCUT2D eigenvalue weighted by Gasteiger charge is 2.42. The molecule has 21 heavy (non-hydrogen) atoms. The van der Waals surface area contributed by atoms with Crippen LogP contribution < -0.4 is 5.32 Å². The quantitative estimate of drug-likeness (QED) is 0.876. The molecule has 0 aliphatic heterocycles. The van der Waals surface area contributed by atoms with Crippen molar-refractivity contribution in [2.45, 2.75) is 45.2 Å². The molecule has 3 rings (SSSR count). The second-order valence-corrected chi connectivity index (χ2v) is 7.98. The van der Waals surface area contributed by atoms with E-state index in [9.17, 15) is 4.79 Å². The molecule has 4 unspecified atom stereocenters. The molecule has 3 nitrogen and oxygen atoms in total. The monoisotopic (exact) mass is 306 g/mol. The van der Waals surface area contributed by atoms with Crippen LogP contribution >= 0.6 is 11.3 Å². The Bertz CT molecular complexity index is 473. The molecule has 116 valence electrons. The molecule has 1 amide bonds. The van der Waals surface area contributed by atoms with Crippen LogP contribution in [0.4, 0.5) is 0 Å². The third-order valence-corrected chi connectivity index (χ3v) is 6.10. The molecular weight excluding hydrogens is 280 g/mol. The Morgan fingerprint density at radius 1 is 1.48 bits per heavy atom. The Balaban J connectivity index is 1.43. The normalized spacial score (nSPS) is 29.0. The molecule has 1 aromatic rings. The highest BCUT2D eigenvalue weighted by Crippen LogP contribution is 2.49. The maximum Gasteiger partial charge on any atom is 0.234 e. The molecule has 4 atom stereocenters. The number of carbonyl (C=O) groups excluding carboxylic acids is 1. The number of nitrogens with one attached hydrogen (secondary N) is 1. The smallest absolute Gasteiger partial charge is 0.234 e. The lowest BCUT2D eigenvalue weighted by Gasteiger charge is -2.29. The number of amides is 1. The van der Waals surface area contributed by atoms with Crippen molar-refractivity contribution < 1.29 is 4.79 Å². The third kappa shape index (κ3) is 3.67. The standard InChI is InChI=1S/C17H26N2OS/c1-12(16-9-13-5-6-14(16)8-13)18-17(20)11-19(2)10-15-4-3-7-21-15/h3-4,7,12-14,16H,5-6,8-11H2,1-2H3,(H,18,20). The molecule has 1 aromatic heterocycles. The van der Waals surface area contributed by atoms with Crippen molar-refractivity contribution in [2.75, 3.05) is 13.6 Å². The summed E-state index contributed by atoms with van der Waals surface area (Å²) in [5.74, 6) is 2.70. The van der Waals surface area contributed by atoms with Crippen LogP contribution in [0, 0.1) is 17.8 Å². The van der Waals surface area contributed by atoms with Crippen LogP contribution in [0.25, 0.3) is 0 Å². The van der Waals surface area contributed by atoms with Gasteiger partial charge >= 0.3 is 0 Å². The van der Waals surface area contributed by atoms with Gasteiger partial charge in [-0.3, -0.25) is 9.69 Å². The molecule has 2 saturated carbocycles. The van der Waals surface area contributed by atoms with E-state index in [1.54, 1.807) is 11.3 Å². The minimum atomic E-state index is 0.171. The molecule has 0 aromatic carbocycles. The third-order valence-electron chi connectivity index (χ3n) is 5.24. The molecular formula is C17H26N2OS. The number of hydrogen-bond donors (Lipinski definition) is 1. The molecule has 1 heterocycles. The minimum absolute atomic E-state index is 0.171. The van der Waals surface area contributed by atoms with Gasteiger partial charge in [-0.1, -0.05) is 12.5 Å². The van der Waals surface area contributed by atoms with Gasteiger partial charge in [-0.15, -0.1) is 11.3 Å². The summed E-state index contributed by atoms with van der Waals surface area (Å²) in [6, 6.07) is 4.52. The molecule has 1 N–H and O–H groups in total. The first kappa shape index (κ1) is 15.0. The van der Waals surface area contributed by atoms with Crippen LogP contribution in [0.15, 0.2) is 17.5 Å². The summed E-state index contributed by atoms with van der Waals surface area (Å²) in [4.78, 5) is 15.6. The molecule has 4 heteroatoms. The second-order valence-electron chi connectivity index (χ2n) is 6.95. The van der Waals surface area contributed by atoms with Crippen molar-refractivity contribution in [3.63, 3.8) is 0 Å². The lowest BCUT2D eigenvalue weighted by Crippen LogP contribution is -2.44. The van der Waals surface area contributed by atoms with Crippen LogP contribution in [-0.2, 0) is 11.3 Å². The van der Waals surface area contributed by atoms with Gasteiger partial charge < -0.3 is 5.32 Å². The number of hydrogen-bond acceptors (Lipinski definition) is 3. The summed E-state index contributed by atoms with van der Waals surface area (Å²) in [7, 11) is 2.02. The fraction of sp³-hybridized carbons (Fsp3) is 0.706. The molecule has 0 saturated heterocycles. The Hall–Kier alpha value is -0.870. The molecule has 0 radical (unpaired) electrons. The highest BCUT2D eigenvalue weighted by atomic mass is 32.1. The van der Waals surface area contributed by atoms with Crippen molar-refractivity contribution in [1.29, 1.82) is 0 Å². The molecule has 2 fully saturated rings. The van der Waals surface area contributed by atoms with E-state index in [0.29, 0.717) is 12.6 Å². The van der Waals surface area contributed by atoms with Crippen LogP contribution in [0.2, 0.25) is 0 Å². The summed E-state index contributed by atoms with van der Waals surface area (Å²) in [6.45, 7) is 3.54. The molecule has 0 spiro atoms. The first-order valence-corrected chi connectivity index (χ1v) is 9.00. The van der Waals surface area contributed by atoms with Crippen molar-refractivity contribution in [1.82, 2.24) is 10.2 Å². The lowest BCUT2D eigenvalue weighted by molar-refractivity contribution is -0.123. The number of carbonyl (C=O) groups is 1. The van der Waals surface area contributed by atoms with Crippen LogP contribution in [0.5, 0.6) is 0 Å². The van der Waals surface area contributed by atoms with E-state index in [-0.39, 0.29) is 5.91 Å². The number of fused-ring (bicyclic) bond motifs is 2. The summed E-state index contributed by atoms with van der Waals surface area (Å²) >= 11 is 1.75. The van der Waals surface area contributed by atoms with Crippen molar-refractivity contribution in [3.8, 4) is 0 Å². The number of likely N-dealkylation sites (N-methyl/N-ethyl adjacent to an activating group) is 1. The maximum atomic E-state index is 12.2. The van der Waals surface area contributed by atoms with Gasteiger partial charge in [-0.25, -0.2) is 0 Å². The van der Waals surface area contributed by atoms with Gasteiger partial charge in [0.2, 0.25) is 5.91 Å². The van der Waals surface area contributed by atoms with Gasteiger partial charge in [-0.2, -0.15) is 0 Å². The number of nitrogens with zero attached hydrogens (tertiary/aromatic N) is 1. The zero-order valence-electron chi connectivity index (χ0n) is 13.0. The summed E-state index contributed by atoms with van der Waals surface area (Å²) in [5.41, 5.74) is 0. The van der Waals surface area contributed by atoms with E-state index >= 15 is 0 Å². The molecule has 2 aliphatic rings. The first-order valence-electron chi connectivity index (χ1n) is 8.12. The van der Waals surface area contributed by atoms with E-state index in [2.05, 4.69) is 34.7 Å². The molecule has 2 bridgehead atoms. The van der Waals surface area contributed by atoms with Gasteiger partial charge in [0.05, 0.1) is 6.54 Å². The van der Waals surface area contributed by atoms with E-state index in [1.807, 2.05) is 7.05 Å². The Labute approximate surface area is 131 Å². The highest BCUT2D eigenvalue weighted by molar-refractivity contribution is 7.09. The average molecular weight is 306 g/mol. The number of rotatable bonds is 6. The fourth-order valence-electron chi connectivity index (χ4n) is 4.28. The number of thiophene rings is 1. The van der Waals surface area contributed by atoms with Crippen LogP contribution in [0.1, 0.15) is 37.5 Å². The summed E-state index contributed by atoms with van der Waals surface area (Å²) in [5, 5.41) is 5.32. The summed E-state index contributed by atoms with van der Waals surface area (Å²) < 4.78 is 0. The van der Waals surface area contributed by atoms with Crippen LogP contribution in [-0.4, -0.2) is 30.4 Å². The van der Waals surface area contributed by atoms with E-state index in [0.717, 1.165) is 24.3 Å². The summed E-state index contributed by atoms with van der Waals surface area (Å²) in [6.07, 6.45) is 5.54. The zero-order valence-corrected chi connectivity index (χ0v) is 13.9. The fourth-order valence-corrected chi connectivity index (χ4v) is 5.07. The Morgan fingerprint density at radius 3 is 2.95 bits per heavy atom. The van der Waals surface area contributed by atoms with Gasteiger partial charge in [0.1, 0.15) is 0 Å². The molecule has 2 aliphatic carbocycles. The SMILES string of the molecule is CC(NC(=O)CN(C)Cc1cccs1)C1CC2CCC1C2. The van der Waals surface area contributed by atoms with Crippen molar-refractivity contribution in [3.05, 3.63) is 22.4 Å². The predicted octanol–water partition coefficient (Wildman–Crippen LogP) is 3.12. The van der Waals surface area contributed by atoms with Gasteiger partial charge in [0.25, 0.3) is 0 Å². The minimum Gasteiger partial charge on any atom is -0.352 e. The van der Waals surface area contributed by atoms with E-state index in [1.165, 1.54) is 30.6 Å². The first-order chi connectivity index (χ1) is 10.1. The van der Waals surface area contributed by atoms with Gasteiger partial charge in [-0.05, 0) is 62.4 Å². The Morgan fingerprint density at radius 2 is 2.33 bits per heavy atom. The topological polar surface area (TPSA) is 32.3 Å². The maximum absolute atomic E-state index is 12.2. The van der Waals surface area contributed by atoms with Crippen LogP contribution in [0.3, 0.4) is 0 Å². The predicted molar refractivity (Wildman–Crippen MR) is 87.2 cm³/mol.